The molecule has 0 bridgehead atoms. The summed E-state index contributed by atoms with van der Waals surface area (Å²) in [6.45, 7) is 1.40. The molecule has 0 spiro atoms. The van der Waals surface area contributed by atoms with E-state index in [1.807, 2.05) is 24.3 Å². The molecule has 1 aromatic rings. The first-order valence-electron chi connectivity index (χ1n) is 8.32. The number of hydrogen-bond acceptors (Lipinski definition) is 2. The van der Waals surface area contributed by atoms with Gasteiger partial charge in [-0.25, -0.2) is 0 Å². The van der Waals surface area contributed by atoms with Crippen LogP contribution in [0.15, 0.2) is 42.5 Å². The molecule has 0 saturated carbocycles. The van der Waals surface area contributed by atoms with Gasteiger partial charge in [0.15, 0.2) is 0 Å². The van der Waals surface area contributed by atoms with E-state index in [2.05, 4.69) is 11.4 Å². The molecule has 1 fully saturated rings. The highest BCUT2D eigenvalue weighted by Crippen LogP contribution is 2.23. The van der Waals surface area contributed by atoms with Crippen molar-refractivity contribution in [3.63, 3.8) is 0 Å². The zero-order valence-corrected chi connectivity index (χ0v) is 15.2. The van der Waals surface area contributed by atoms with Gasteiger partial charge in [0.05, 0.1) is 16.1 Å². The summed E-state index contributed by atoms with van der Waals surface area (Å²) in [5, 5.41) is 4.04. The third kappa shape index (κ3) is 7.08. The molecule has 1 amide bonds. The van der Waals surface area contributed by atoms with Crippen LogP contribution in [0.3, 0.4) is 0 Å². The second-order valence-corrected chi connectivity index (χ2v) is 6.62. The van der Waals surface area contributed by atoms with E-state index in [9.17, 15) is 4.79 Å². The van der Waals surface area contributed by atoms with E-state index in [-0.39, 0.29) is 12.0 Å². The zero-order valence-electron chi connectivity index (χ0n) is 13.6. The van der Waals surface area contributed by atoms with Crippen molar-refractivity contribution >= 4 is 29.1 Å². The quantitative estimate of drug-likeness (QED) is 0.410. The van der Waals surface area contributed by atoms with Crippen molar-refractivity contribution in [2.24, 2.45) is 0 Å². The van der Waals surface area contributed by atoms with Gasteiger partial charge in [-0.2, -0.15) is 0 Å². The highest BCUT2D eigenvalue weighted by Gasteiger charge is 2.15. The number of unbranched alkanes of at least 4 members (excludes halogenated alkanes) is 1. The van der Waals surface area contributed by atoms with Gasteiger partial charge >= 0.3 is 0 Å². The Morgan fingerprint density at radius 1 is 1.29 bits per heavy atom. The minimum atomic E-state index is -0.0778. The predicted octanol–water partition coefficient (Wildman–Crippen LogP) is 4.72. The zero-order chi connectivity index (χ0) is 17.2. The number of benzene rings is 1. The molecule has 0 aliphatic carbocycles. The van der Waals surface area contributed by atoms with Crippen molar-refractivity contribution < 1.29 is 9.53 Å². The smallest absolute Gasteiger partial charge is 0.244 e. The minimum Gasteiger partial charge on any atom is -0.376 e. The van der Waals surface area contributed by atoms with Crippen molar-refractivity contribution in [1.82, 2.24) is 5.32 Å². The Morgan fingerprint density at radius 3 is 2.92 bits per heavy atom. The molecule has 1 N–H and O–H groups in total. The lowest BCUT2D eigenvalue weighted by molar-refractivity contribution is -0.117. The number of amides is 1. The summed E-state index contributed by atoms with van der Waals surface area (Å²) in [5.74, 6) is -0.0778. The summed E-state index contributed by atoms with van der Waals surface area (Å²) in [5.41, 5.74) is 1.18. The van der Waals surface area contributed by atoms with Crippen LogP contribution < -0.4 is 5.32 Å². The molecule has 1 aliphatic heterocycles. The number of carbonyl (C=O) groups excluding carboxylic acids is 1. The van der Waals surface area contributed by atoms with Crippen molar-refractivity contribution in [2.45, 2.75) is 38.2 Å². The number of hydrogen-bond donors (Lipinski definition) is 1. The average molecular weight is 368 g/mol. The van der Waals surface area contributed by atoms with Gasteiger partial charge in [0.1, 0.15) is 0 Å². The van der Waals surface area contributed by atoms with Crippen molar-refractivity contribution in [2.75, 3.05) is 13.2 Å². The molecule has 0 radical (unpaired) electrons. The summed E-state index contributed by atoms with van der Waals surface area (Å²) in [4.78, 5) is 11.6. The third-order valence-corrected chi connectivity index (χ3v) is 4.58. The fraction of sp³-hybridized carbons (Fsp3) is 0.421. The molecular formula is C19H23Cl2NO2. The topological polar surface area (TPSA) is 38.3 Å². The van der Waals surface area contributed by atoms with Crippen LogP contribution >= 0.6 is 23.2 Å². The molecular weight excluding hydrogens is 345 g/mol. The lowest BCUT2D eigenvalue weighted by Crippen LogP contribution is -2.30. The molecule has 130 valence electrons. The van der Waals surface area contributed by atoms with Gasteiger partial charge in [0.2, 0.25) is 5.91 Å². The van der Waals surface area contributed by atoms with Gasteiger partial charge in [-0.05, 0) is 49.8 Å². The van der Waals surface area contributed by atoms with E-state index in [0.717, 1.165) is 38.7 Å². The van der Waals surface area contributed by atoms with Crippen molar-refractivity contribution in [3.05, 3.63) is 58.1 Å². The largest absolute Gasteiger partial charge is 0.376 e. The van der Waals surface area contributed by atoms with Crippen molar-refractivity contribution in [3.8, 4) is 0 Å². The fourth-order valence-electron chi connectivity index (χ4n) is 2.52. The number of carbonyl (C=O) groups is 1. The average Bonchev–Trinajstić information content (AvgIpc) is 3.09. The van der Waals surface area contributed by atoms with Gasteiger partial charge in [-0.15, -0.1) is 0 Å². The van der Waals surface area contributed by atoms with Crippen molar-refractivity contribution in [1.29, 1.82) is 0 Å². The normalized spacial score (nSPS) is 17.8. The fourth-order valence-corrected chi connectivity index (χ4v) is 2.84. The van der Waals surface area contributed by atoms with Crippen LogP contribution in [0.5, 0.6) is 0 Å². The summed E-state index contributed by atoms with van der Waals surface area (Å²) in [6.07, 6.45) is 12.5. The Kier molecular flexibility index (Phi) is 8.37. The first kappa shape index (κ1) is 19.0. The Labute approximate surface area is 153 Å². The lowest BCUT2D eigenvalue weighted by atomic mass is 10.1. The second kappa shape index (κ2) is 10.5. The van der Waals surface area contributed by atoms with Crippen LogP contribution in [-0.4, -0.2) is 25.2 Å². The van der Waals surface area contributed by atoms with Crippen LogP contribution in [-0.2, 0) is 16.0 Å². The Hall–Kier alpha value is -1.29. The summed E-state index contributed by atoms with van der Waals surface area (Å²) >= 11 is 11.9. The number of aryl methyl sites for hydroxylation is 1. The van der Waals surface area contributed by atoms with E-state index in [1.54, 1.807) is 12.2 Å². The van der Waals surface area contributed by atoms with E-state index < -0.39 is 0 Å². The molecule has 0 aromatic heterocycles. The second-order valence-electron chi connectivity index (χ2n) is 5.81. The molecule has 24 heavy (non-hydrogen) atoms. The van der Waals surface area contributed by atoms with Crippen LogP contribution in [0.25, 0.3) is 0 Å². The number of ether oxygens (including phenoxy) is 1. The number of halogens is 2. The maximum atomic E-state index is 11.6. The number of nitrogens with one attached hydrogen (secondary N) is 1. The molecule has 1 aliphatic rings. The summed E-state index contributed by atoms with van der Waals surface area (Å²) in [7, 11) is 0. The van der Waals surface area contributed by atoms with E-state index in [0.29, 0.717) is 16.6 Å². The summed E-state index contributed by atoms with van der Waals surface area (Å²) < 4.78 is 5.46. The number of rotatable bonds is 8. The van der Waals surface area contributed by atoms with Crippen LogP contribution in [0.4, 0.5) is 0 Å². The first-order chi connectivity index (χ1) is 11.6. The maximum Gasteiger partial charge on any atom is 0.244 e. The molecule has 1 unspecified atom stereocenters. The monoisotopic (exact) mass is 367 g/mol. The molecule has 1 atom stereocenters. The molecule has 1 aromatic carbocycles. The highest BCUT2D eigenvalue weighted by molar-refractivity contribution is 6.42. The van der Waals surface area contributed by atoms with Gasteiger partial charge in [0, 0.05) is 19.2 Å². The lowest BCUT2D eigenvalue weighted by Gasteiger charge is -2.08. The van der Waals surface area contributed by atoms with Gasteiger partial charge in [-0.1, -0.05) is 47.5 Å². The summed E-state index contributed by atoms with van der Waals surface area (Å²) in [6, 6.07) is 5.73. The van der Waals surface area contributed by atoms with Crippen LogP contribution in [0.1, 0.15) is 31.2 Å². The predicted molar refractivity (Wildman–Crippen MR) is 99.7 cm³/mol. The molecule has 1 heterocycles. The maximum absolute atomic E-state index is 11.6. The SMILES string of the molecule is O=C(/C=C/C=C/CCCc1ccc(Cl)c(Cl)c1)NCC1CCCO1. The Balaban J connectivity index is 1.57. The Morgan fingerprint density at radius 2 is 2.17 bits per heavy atom. The minimum absolute atomic E-state index is 0.0778. The van der Waals surface area contributed by atoms with Crippen LogP contribution in [0, 0.1) is 0 Å². The van der Waals surface area contributed by atoms with Crippen LogP contribution in [0.2, 0.25) is 10.0 Å². The Bertz CT molecular complexity index is 593. The first-order valence-corrected chi connectivity index (χ1v) is 9.07. The van der Waals surface area contributed by atoms with E-state index in [4.69, 9.17) is 27.9 Å². The van der Waals surface area contributed by atoms with Gasteiger partial charge in [0.25, 0.3) is 0 Å². The highest BCUT2D eigenvalue weighted by atomic mass is 35.5. The molecule has 3 nitrogen and oxygen atoms in total. The van der Waals surface area contributed by atoms with E-state index >= 15 is 0 Å². The molecule has 5 heteroatoms. The third-order valence-electron chi connectivity index (χ3n) is 3.84. The standard InChI is InChI=1S/C19H23Cl2NO2/c20-17-11-10-15(13-18(17)21)7-4-2-1-3-5-9-19(23)22-14-16-8-6-12-24-16/h1,3,5,9-11,13,16H,2,4,6-8,12,14H2,(H,22,23)/b3-1+,9-5+. The molecule has 2 rings (SSSR count). The van der Waals surface area contributed by atoms with Gasteiger partial charge < -0.3 is 10.1 Å². The van der Waals surface area contributed by atoms with Gasteiger partial charge in [-0.3, -0.25) is 4.79 Å². The van der Waals surface area contributed by atoms with E-state index in [1.165, 1.54) is 5.56 Å². The molecule has 1 saturated heterocycles. The number of allylic oxidation sites excluding steroid dienone is 3.